The molecule has 0 unspecified atom stereocenters. The van der Waals surface area contributed by atoms with E-state index in [1.54, 1.807) is 29.2 Å². The minimum absolute atomic E-state index is 0.0195. The molecule has 0 aliphatic carbocycles. The first-order valence-electron chi connectivity index (χ1n) is 11.2. The second kappa shape index (κ2) is 9.55. The summed E-state index contributed by atoms with van der Waals surface area (Å²) in [6.07, 6.45) is 1.48. The van der Waals surface area contributed by atoms with Gasteiger partial charge in [0.25, 0.3) is 15.9 Å². The van der Waals surface area contributed by atoms with Crippen LogP contribution in [0.3, 0.4) is 0 Å². The van der Waals surface area contributed by atoms with E-state index < -0.39 is 10.0 Å². The largest absolute Gasteiger partial charge is 0.352 e. The van der Waals surface area contributed by atoms with Gasteiger partial charge in [0, 0.05) is 24.2 Å². The second-order valence-electron chi connectivity index (χ2n) is 9.53. The summed E-state index contributed by atoms with van der Waals surface area (Å²) in [5.74, 6) is -0.0667. The third kappa shape index (κ3) is 5.55. The quantitative estimate of drug-likeness (QED) is 0.604. The smallest absolute Gasteiger partial charge is 0.266 e. The normalized spacial score (nSPS) is 14.6. The fraction of sp³-hybridized carbons (Fsp3) is 0.440. The van der Waals surface area contributed by atoms with E-state index >= 15 is 0 Å². The van der Waals surface area contributed by atoms with Crippen LogP contribution in [0.4, 0.5) is 0 Å². The molecule has 2 aromatic rings. The highest BCUT2D eigenvalue weighted by molar-refractivity contribution is 7.89. The number of sulfonamides is 1. The minimum atomic E-state index is -3.76. The zero-order chi connectivity index (χ0) is 24.4. The summed E-state index contributed by atoms with van der Waals surface area (Å²) in [7, 11) is -3.76. The molecule has 178 valence electrons. The Bertz CT molecular complexity index is 1140. The topological polar surface area (TPSA) is 93.6 Å². The Morgan fingerprint density at radius 1 is 1.03 bits per heavy atom. The van der Waals surface area contributed by atoms with Gasteiger partial charge in [0.2, 0.25) is 5.96 Å². The Morgan fingerprint density at radius 3 is 2.27 bits per heavy atom. The van der Waals surface area contributed by atoms with Crippen LogP contribution in [0.1, 0.15) is 54.2 Å². The van der Waals surface area contributed by atoms with Gasteiger partial charge in [0.15, 0.2) is 0 Å². The molecular formula is C25H34N4O3S. The van der Waals surface area contributed by atoms with Crippen LogP contribution in [0.5, 0.6) is 0 Å². The number of benzene rings is 2. The first kappa shape index (κ1) is 24.8. The molecule has 33 heavy (non-hydrogen) atoms. The van der Waals surface area contributed by atoms with Crippen molar-refractivity contribution in [3.63, 3.8) is 0 Å². The SMILES string of the molecule is Cc1ccc(C(=O)NCCCc2ccc(S(=O)(=O)N3CCN(C(C)(C)C)C3=N)cc2)cc1C. The maximum Gasteiger partial charge on any atom is 0.266 e. The van der Waals surface area contributed by atoms with E-state index in [1.165, 1.54) is 4.31 Å². The number of amides is 1. The molecule has 0 saturated carbocycles. The van der Waals surface area contributed by atoms with Crippen molar-refractivity contribution in [1.29, 1.82) is 5.41 Å². The maximum atomic E-state index is 13.1. The van der Waals surface area contributed by atoms with Gasteiger partial charge in [-0.15, -0.1) is 0 Å². The lowest BCUT2D eigenvalue weighted by atomic mass is 10.1. The maximum absolute atomic E-state index is 13.1. The van der Waals surface area contributed by atoms with Crippen LogP contribution in [0.25, 0.3) is 0 Å². The number of carbonyl (C=O) groups excluding carboxylic acids is 1. The lowest BCUT2D eigenvalue weighted by molar-refractivity contribution is 0.0953. The molecule has 1 fully saturated rings. The van der Waals surface area contributed by atoms with Gasteiger partial charge in [-0.1, -0.05) is 18.2 Å². The van der Waals surface area contributed by atoms with E-state index in [9.17, 15) is 13.2 Å². The van der Waals surface area contributed by atoms with Crippen molar-refractivity contribution in [2.45, 2.75) is 57.9 Å². The molecule has 1 aliphatic rings. The van der Waals surface area contributed by atoms with E-state index in [4.69, 9.17) is 5.41 Å². The van der Waals surface area contributed by atoms with E-state index in [2.05, 4.69) is 5.32 Å². The van der Waals surface area contributed by atoms with Gasteiger partial charge in [0.1, 0.15) is 0 Å². The van der Waals surface area contributed by atoms with Crippen LogP contribution in [0.15, 0.2) is 47.4 Å². The first-order valence-corrected chi connectivity index (χ1v) is 12.7. The lowest BCUT2D eigenvalue weighted by Gasteiger charge is -2.33. The van der Waals surface area contributed by atoms with Crippen molar-refractivity contribution in [2.24, 2.45) is 0 Å². The highest BCUT2D eigenvalue weighted by Gasteiger charge is 2.39. The molecule has 2 aromatic carbocycles. The number of hydrogen-bond donors (Lipinski definition) is 2. The molecule has 0 aromatic heterocycles. The standard InChI is InChI=1S/C25H34N4O3S/c1-18-8-11-21(17-19(18)2)23(30)27-14-6-7-20-9-12-22(13-10-20)33(31,32)29-16-15-28(24(29)26)25(3,4)5/h8-13,17,26H,6-7,14-16H2,1-5H3,(H,27,30). The van der Waals surface area contributed by atoms with Gasteiger partial charge >= 0.3 is 0 Å². The predicted molar refractivity (Wildman–Crippen MR) is 131 cm³/mol. The van der Waals surface area contributed by atoms with Gasteiger partial charge in [-0.2, -0.15) is 0 Å². The van der Waals surface area contributed by atoms with Crippen molar-refractivity contribution >= 4 is 21.9 Å². The molecule has 7 nitrogen and oxygen atoms in total. The average Bonchev–Trinajstić information content (AvgIpc) is 3.16. The van der Waals surface area contributed by atoms with Gasteiger partial charge in [0.05, 0.1) is 11.4 Å². The number of aryl methyl sites for hydroxylation is 3. The number of rotatable bonds is 7. The molecule has 1 saturated heterocycles. The van der Waals surface area contributed by atoms with Crippen molar-refractivity contribution in [1.82, 2.24) is 14.5 Å². The Labute approximate surface area is 197 Å². The summed E-state index contributed by atoms with van der Waals surface area (Å²) in [4.78, 5) is 14.3. The molecule has 1 amide bonds. The summed E-state index contributed by atoms with van der Waals surface area (Å²) in [5.41, 5.74) is 3.60. The van der Waals surface area contributed by atoms with Crippen LogP contribution in [0, 0.1) is 19.3 Å². The lowest BCUT2D eigenvalue weighted by Crippen LogP contribution is -2.45. The van der Waals surface area contributed by atoms with Gasteiger partial charge in [-0.25, -0.2) is 12.7 Å². The molecule has 3 rings (SSSR count). The zero-order valence-corrected chi connectivity index (χ0v) is 20.9. The second-order valence-corrected chi connectivity index (χ2v) is 11.4. The average molecular weight is 471 g/mol. The minimum Gasteiger partial charge on any atom is -0.352 e. The fourth-order valence-corrected chi connectivity index (χ4v) is 5.24. The molecule has 1 aliphatic heterocycles. The van der Waals surface area contributed by atoms with Crippen molar-refractivity contribution in [2.75, 3.05) is 19.6 Å². The van der Waals surface area contributed by atoms with Crippen molar-refractivity contribution < 1.29 is 13.2 Å². The molecule has 0 radical (unpaired) electrons. The van der Waals surface area contributed by atoms with Crippen molar-refractivity contribution in [3.05, 3.63) is 64.7 Å². The third-order valence-electron chi connectivity index (χ3n) is 6.04. The molecule has 8 heteroatoms. The Morgan fingerprint density at radius 2 is 1.70 bits per heavy atom. The van der Waals surface area contributed by atoms with Crippen LogP contribution in [-0.2, 0) is 16.4 Å². The summed E-state index contributed by atoms with van der Waals surface area (Å²) in [5, 5.41) is 11.3. The first-order chi connectivity index (χ1) is 15.4. The highest BCUT2D eigenvalue weighted by atomic mass is 32.2. The number of hydrogen-bond acceptors (Lipinski definition) is 4. The third-order valence-corrected chi connectivity index (χ3v) is 7.84. The number of carbonyl (C=O) groups is 1. The summed E-state index contributed by atoms with van der Waals surface area (Å²) < 4.78 is 27.3. The molecule has 1 heterocycles. The molecule has 0 spiro atoms. The van der Waals surface area contributed by atoms with Gasteiger partial charge in [-0.3, -0.25) is 10.2 Å². The fourth-order valence-electron chi connectivity index (χ4n) is 3.86. The van der Waals surface area contributed by atoms with E-state index in [1.807, 2.05) is 52.8 Å². The number of nitrogens with one attached hydrogen (secondary N) is 2. The molecule has 0 atom stereocenters. The van der Waals surface area contributed by atoms with Gasteiger partial charge < -0.3 is 10.2 Å². The van der Waals surface area contributed by atoms with E-state index in [-0.39, 0.29) is 28.8 Å². The van der Waals surface area contributed by atoms with E-state index in [0.717, 1.165) is 29.5 Å². The monoisotopic (exact) mass is 470 g/mol. The van der Waals surface area contributed by atoms with Crippen LogP contribution in [0.2, 0.25) is 0 Å². The Kier molecular flexibility index (Phi) is 7.17. The summed E-state index contributed by atoms with van der Waals surface area (Å²) in [6, 6.07) is 12.5. The summed E-state index contributed by atoms with van der Waals surface area (Å²) >= 11 is 0. The molecule has 0 bridgehead atoms. The van der Waals surface area contributed by atoms with Crippen molar-refractivity contribution in [3.8, 4) is 0 Å². The summed E-state index contributed by atoms with van der Waals surface area (Å²) in [6.45, 7) is 11.2. The Balaban J connectivity index is 1.54. The predicted octanol–water partition coefficient (Wildman–Crippen LogP) is 3.71. The molecule has 2 N–H and O–H groups in total. The number of guanidine groups is 1. The van der Waals surface area contributed by atoms with Crippen LogP contribution in [-0.4, -0.2) is 54.7 Å². The van der Waals surface area contributed by atoms with Crippen LogP contribution >= 0.6 is 0 Å². The highest BCUT2D eigenvalue weighted by Crippen LogP contribution is 2.25. The zero-order valence-electron chi connectivity index (χ0n) is 20.1. The Hall–Kier alpha value is -2.87. The van der Waals surface area contributed by atoms with Crippen LogP contribution < -0.4 is 5.32 Å². The molecular weight excluding hydrogens is 436 g/mol. The number of nitrogens with zero attached hydrogens (tertiary/aromatic N) is 2. The van der Waals surface area contributed by atoms with Gasteiger partial charge in [-0.05, 0) is 88.4 Å². The van der Waals surface area contributed by atoms with E-state index in [0.29, 0.717) is 18.7 Å².